The summed E-state index contributed by atoms with van der Waals surface area (Å²) in [5, 5.41) is 3.57. The van der Waals surface area contributed by atoms with E-state index in [4.69, 9.17) is 16.3 Å². The number of Topliss-reactive ketones (excluding diaryl/α,β-unsaturated/α-hetero) is 1. The number of hydrogen-bond donors (Lipinski definition) is 1. The molecule has 0 saturated carbocycles. The second-order valence-electron chi connectivity index (χ2n) is 3.10. The number of carbonyl (C=O) groups is 1. The van der Waals surface area contributed by atoms with Crippen LogP contribution in [0.3, 0.4) is 0 Å². The standard InChI is InChI=1S/C11H14ClNO2/c1-15-6-5-13-8-11(14)9-3-2-4-10(12)7-9/h2-4,7,13H,5-6,8H2,1H3. The molecule has 0 spiro atoms. The van der Waals surface area contributed by atoms with Gasteiger partial charge in [-0.15, -0.1) is 0 Å². The molecule has 1 aromatic rings. The summed E-state index contributed by atoms with van der Waals surface area (Å²) in [6.45, 7) is 1.58. The zero-order chi connectivity index (χ0) is 11.1. The van der Waals surface area contributed by atoms with Crippen molar-refractivity contribution in [2.75, 3.05) is 26.8 Å². The van der Waals surface area contributed by atoms with Crippen LogP contribution < -0.4 is 5.32 Å². The molecule has 0 heterocycles. The first kappa shape index (κ1) is 12.2. The zero-order valence-corrected chi connectivity index (χ0v) is 9.38. The number of benzene rings is 1. The first-order valence-corrected chi connectivity index (χ1v) is 5.10. The molecule has 82 valence electrons. The Kier molecular flexibility index (Phi) is 5.32. The highest BCUT2D eigenvalue weighted by atomic mass is 35.5. The maximum Gasteiger partial charge on any atom is 0.176 e. The predicted octanol–water partition coefficient (Wildman–Crippen LogP) is 1.76. The minimum atomic E-state index is 0.0357. The minimum absolute atomic E-state index is 0.0357. The Morgan fingerprint density at radius 3 is 3.00 bits per heavy atom. The normalized spacial score (nSPS) is 10.3. The van der Waals surface area contributed by atoms with Gasteiger partial charge in [-0.05, 0) is 12.1 Å². The molecule has 0 aliphatic carbocycles. The van der Waals surface area contributed by atoms with Crippen molar-refractivity contribution in [3.63, 3.8) is 0 Å². The van der Waals surface area contributed by atoms with Gasteiger partial charge in [-0.3, -0.25) is 4.79 Å². The zero-order valence-electron chi connectivity index (χ0n) is 8.63. The first-order chi connectivity index (χ1) is 7.24. The Hall–Kier alpha value is -0.900. The van der Waals surface area contributed by atoms with E-state index in [0.717, 1.165) is 0 Å². The molecule has 0 aromatic heterocycles. The summed E-state index contributed by atoms with van der Waals surface area (Å²) in [6.07, 6.45) is 0. The lowest BCUT2D eigenvalue weighted by Crippen LogP contribution is -2.26. The summed E-state index contributed by atoms with van der Waals surface area (Å²) in [5.74, 6) is 0.0357. The second-order valence-corrected chi connectivity index (χ2v) is 3.54. The molecule has 4 heteroatoms. The highest BCUT2D eigenvalue weighted by Gasteiger charge is 2.04. The molecular weight excluding hydrogens is 214 g/mol. The van der Waals surface area contributed by atoms with Gasteiger partial charge in [0.15, 0.2) is 5.78 Å². The summed E-state index contributed by atoms with van der Waals surface area (Å²) in [4.78, 5) is 11.6. The molecule has 0 fully saturated rings. The number of methoxy groups -OCH3 is 1. The van der Waals surface area contributed by atoms with Gasteiger partial charge in [-0.2, -0.15) is 0 Å². The predicted molar refractivity (Wildman–Crippen MR) is 60.5 cm³/mol. The van der Waals surface area contributed by atoms with Gasteiger partial charge in [0.25, 0.3) is 0 Å². The number of ketones is 1. The van der Waals surface area contributed by atoms with Crippen LogP contribution in [0.1, 0.15) is 10.4 Å². The molecule has 0 aliphatic rings. The lowest BCUT2D eigenvalue weighted by Gasteiger charge is -2.03. The fourth-order valence-corrected chi connectivity index (χ4v) is 1.33. The summed E-state index contributed by atoms with van der Waals surface area (Å²) in [6, 6.07) is 6.94. The van der Waals surface area contributed by atoms with Gasteiger partial charge in [0.1, 0.15) is 0 Å². The van der Waals surface area contributed by atoms with Crippen molar-refractivity contribution in [1.82, 2.24) is 5.32 Å². The van der Waals surface area contributed by atoms with Gasteiger partial charge >= 0.3 is 0 Å². The quantitative estimate of drug-likeness (QED) is 0.595. The Morgan fingerprint density at radius 2 is 2.33 bits per heavy atom. The fraction of sp³-hybridized carbons (Fsp3) is 0.364. The van der Waals surface area contributed by atoms with E-state index in [1.807, 2.05) is 0 Å². The number of rotatable bonds is 6. The van der Waals surface area contributed by atoms with Crippen LogP contribution in [0.4, 0.5) is 0 Å². The van der Waals surface area contributed by atoms with Crippen molar-refractivity contribution in [2.45, 2.75) is 0 Å². The highest BCUT2D eigenvalue weighted by Crippen LogP contribution is 2.10. The molecule has 0 atom stereocenters. The molecule has 15 heavy (non-hydrogen) atoms. The molecule has 0 amide bonds. The lowest BCUT2D eigenvalue weighted by molar-refractivity contribution is 0.0987. The van der Waals surface area contributed by atoms with E-state index in [9.17, 15) is 4.79 Å². The third-order valence-electron chi connectivity index (χ3n) is 1.92. The third kappa shape index (κ3) is 4.42. The van der Waals surface area contributed by atoms with Gasteiger partial charge in [-0.25, -0.2) is 0 Å². The van der Waals surface area contributed by atoms with Crippen molar-refractivity contribution in [3.05, 3.63) is 34.9 Å². The number of halogens is 1. The van der Waals surface area contributed by atoms with Crippen LogP contribution in [0.5, 0.6) is 0 Å². The number of nitrogens with one attached hydrogen (secondary N) is 1. The molecular formula is C11H14ClNO2. The van der Waals surface area contributed by atoms with Crippen LogP contribution >= 0.6 is 11.6 Å². The van der Waals surface area contributed by atoms with Gasteiger partial charge < -0.3 is 10.1 Å². The number of ether oxygens (including phenoxy) is 1. The summed E-state index contributed by atoms with van der Waals surface area (Å²) in [7, 11) is 1.63. The molecule has 0 radical (unpaired) electrons. The van der Waals surface area contributed by atoms with Gasteiger partial charge in [0.2, 0.25) is 0 Å². The van der Waals surface area contributed by atoms with Crippen molar-refractivity contribution in [2.24, 2.45) is 0 Å². The van der Waals surface area contributed by atoms with Crippen molar-refractivity contribution in [1.29, 1.82) is 0 Å². The van der Waals surface area contributed by atoms with Crippen LogP contribution in [0.2, 0.25) is 5.02 Å². The molecule has 0 bridgehead atoms. The minimum Gasteiger partial charge on any atom is -0.383 e. The van der Waals surface area contributed by atoms with E-state index in [1.165, 1.54) is 0 Å². The van der Waals surface area contributed by atoms with Gasteiger partial charge in [0, 0.05) is 24.2 Å². The monoisotopic (exact) mass is 227 g/mol. The average Bonchev–Trinajstić information content (AvgIpc) is 2.24. The van der Waals surface area contributed by atoms with Gasteiger partial charge in [0.05, 0.1) is 13.2 Å². The van der Waals surface area contributed by atoms with Crippen LogP contribution in [-0.2, 0) is 4.74 Å². The van der Waals surface area contributed by atoms with E-state index in [-0.39, 0.29) is 5.78 Å². The topological polar surface area (TPSA) is 38.3 Å². The van der Waals surface area contributed by atoms with Crippen LogP contribution in [-0.4, -0.2) is 32.6 Å². The summed E-state index contributed by atoms with van der Waals surface area (Å²) >= 11 is 5.78. The maximum atomic E-state index is 11.6. The average molecular weight is 228 g/mol. The van der Waals surface area contributed by atoms with Crippen molar-refractivity contribution in [3.8, 4) is 0 Å². The Labute approximate surface area is 94.4 Å². The fourth-order valence-electron chi connectivity index (χ4n) is 1.14. The van der Waals surface area contributed by atoms with E-state index < -0.39 is 0 Å². The Balaban J connectivity index is 2.40. The molecule has 1 rings (SSSR count). The molecule has 1 aromatic carbocycles. The largest absolute Gasteiger partial charge is 0.383 e. The smallest absolute Gasteiger partial charge is 0.176 e. The van der Waals surface area contributed by atoms with E-state index in [0.29, 0.717) is 30.3 Å². The van der Waals surface area contributed by atoms with Crippen molar-refractivity contribution < 1.29 is 9.53 Å². The van der Waals surface area contributed by atoms with E-state index in [1.54, 1.807) is 31.4 Å². The van der Waals surface area contributed by atoms with Crippen LogP contribution in [0.15, 0.2) is 24.3 Å². The van der Waals surface area contributed by atoms with Crippen molar-refractivity contribution >= 4 is 17.4 Å². The molecule has 1 N–H and O–H groups in total. The second kappa shape index (κ2) is 6.56. The molecule has 0 aliphatic heterocycles. The molecule has 3 nitrogen and oxygen atoms in total. The summed E-state index contributed by atoms with van der Waals surface area (Å²) in [5.41, 5.74) is 0.632. The molecule has 0 unspecified atom stereocenters. The summed E-state index contributed by atoms with van der Waals surface area (Å²) < 4.78 is 4.85. The number of carbonyl (C=O) groups excluding carboxylic acids is 1. The SMILES string of the molecule is COCCNCC(=O)c1cccc(Cl)c1. The Morgan fingerprint density at radius 1 is 1.53 bits per heavy atom. The number of hydrogen-bond acceptors (Lipinski definition) is 3. The van der Waals surface area contributed by atoms with Crippen LogP contribution in [0.25, 0.3) is 0 Å². The lowest BCUT2D eigenvalue weighted by atomic mass is 10.1. The maximum absolute atomic E-state index is 11.6. The Bertz CT molecular complexity index is 328. The highest BCUT2D eigenvalue weighted by molar-refractivity contribution is 6.31. The molecule has 0 saturated heterocycles. The van der Waals surface area contributed by atoms with E-state index >= 15 is 0 Å². The third-order valence-corrected chi connectivity index (χ3v) is 2.15. The first-order valence-electron chi connectivity index (χ1n) is 4.72. The van der Waals surface area contributed by atoms with E-state index in [2.05, 4.69) is 5.32 Å². The van der Waals surface area contributed by atoms with Gasteiger partial charge in [-0.1, -0.05) is 23.7 Å². The van der Waals surface area contributed by atoms with Crippen LogP contribution in [0, 0.1) is 0 Å².